The van der Waals surface area contributed by atoms with Crippen molar-refractivity contribution in [3.8, 4) is 0 Å². The summed E-state index contributed by atoms with van der Waals surface area (Å²) in [5.41, 5.74) is 0.841. The van der Waals surface area contributed by atoms with Crippen molar-refractivity contribution in [1.82, 2.24) is 5.32 Å². The summed E-state index contributed by atoms with van der Waals surface area (Å²) in [6.07, 6.45) is 2.51. The topological polar surface area (TPSA) is 75.6 Å². The zero-order chi connectivity index (χ0) is 18.2. The minimum atomic E-state index is -1.36. The Kier molecular flexibility index (Phi) is 4.69. The van der Waals surface area contributed by atoms with E-state index in [1.54, 1.807) is 0 Å². The van der Waals surface area contributed by atoms with Gasteiger partial charge in [0.2, 0.25) is 5.91 Å². The first-order valence-corrected chi connectivity index (χ1v) is 8.69. The molecule has 0 bridgehead atoms. The molecule has 2 N–H and O–H groups in total. The van der Waals surface area contributed by atoms with Gasteiger partial charge in [0.15, 0.2) is 5.41 Å². The van der Waals surface area contributed by atoms with E-state index in [1.807, 2.05) is 50.3 Å². The summed E-state index contributed by atoms with van der Waals surface area (Å²) < 4.78 is 5.04. The first-order chi connectivity index (χ1) is 12.0. The maximum absolute atomic E-state index is 13.0. The van der Waals surface area contributed by atoms with Gasteiger partial charge in [0.05, 0.1) is 13.7 Å². The Bertz CT molecular complexity index is 699. The predicted molar refractivity (Wildman–Crippen MR) is 93.5 cm³/mol. The number of ether oxygens (including phenoxy) is 1. The standard InChI is InChI=1S/C20H25NO4/c1-12-9-15(11-22)20(19(24)25-3)17(13(12)2)16(21-18(20)23)10-14-7-5-4-6-8-14/h4-9,13,15-17,22H,10-11H2,1-3H3,(H,21,23)/t13-,15-,16+,17+,20+/m1/s1. The van der Waals surface area contributed by atoms with Crippen LogP contribution < -0.4 is 5.32 Å². The number of aliphatic hydroxyl groups excluding tert-OH is 1. The van der Waals surface area contributed by atoms with Gasteiger partial charge in [-0.1, -0.05) is 48.9 Å². The van der Waals surface area contributed by atoms with E-state index in [0.29, 0.717) is 6.42 Å². The van der Waals surface area contributed by atoms with Gasteiger partial charge in [-0.15, -0.1) is 0 Å². The number of amides is 1. The van der Waals surface area contributed by atoms with Crippen LogP contribution in [-0.4, -0.2) is 36.7 Å². The highest BCUT2D eigenvalue weighted by Gasteiger charge is 2.67. The Morgan fingerprint density at radius 1 is 1.32 bits per heavy atom. The van der Waals surface area contributed by atoms with E-state index in [-0.39, 0.29) is 30.4 Å². The molecule has 1 aliphatic heterocycles. The lowest BCUT2D eigenvalue weighted by Crippen LogP contribution is -2.54. The number of aliphatic hydroxyl groups is 1. The van der Waals surface area contributed by atoms with Crippen molar-refractivity contribution in [2.24, 2.45) is 23.2 Å². The quantitative estimate of drug-likeness (QED) is 0.496. The summed E-state index contributed by atoms with van der Waals surface area (Å²) >= 11 is 0. The summed E-state index contributed by atoms with van der Waals surface area (Å²) in [6, 6.07) is 9.74. The van der Waals surface area contributed by atoms with Gasteiger partial charge in [-0.05, 0) is 24.8 Å². The zero-order valence-corrected chi connectivity index (χ0v) is 14.9. The minimum Gasteiger partial charge on any atom is -0.468 e. The van der Waals surface area contributed by atoms with Crippen molar-refractivity contribution in [1.29, 1.82) is 0 Å². The number of methoxy groups -OCH3 is 1. The molecule has 1 amide bonds. The minimum absolute atomic E-state index is 0.0366. The molecule has 1 saturated heterocycles. The number of carbonyl (C=O) groups excluding carboxylic acids is 2. The van der Waals surface area contributed by atoms with E-state index in [0.717, 1.165) is 11.1 Å². The molecule has 1 aliphatic carbocycles. The predicted octanol–water partition coefficient (Wildman–Crippen LogP) is 1.71. The number of hydrogen-bond acceptors (Lipinski definition) is 4. The van der Waals surface area contributed by atoms with Crippen LogP contribution in [0.1, 0.15) is 19.4 Å². The van der Waals surface area contributed by atoms with Crippen molar-refractivity contribution < 1.29 is 19.4 Å². The number of benzene rings is 1. The highest BCUT2D eigenvalue weighted by molar-refractivity contribution is 6.06. The molecule has 0 unspecified atom stereocenters. The van der Waals surface area contributed by atoms with Crippen LogP contribution in [0.25, 0.3) is 0 Å². The molecule has 0 saturated carbocycles. The van der Waals surface area contributed by atoms with Crippen molar-refractivity contribution in [3.63, 3.8) is 0 Å². The first kappa shape index (κ1) is 17.7. The highest BCUT2D eigenvalue weighted by Crippen LogP contribution is 2.53. The van der Waals surface area contributed by atoms with Gasteiger partial charge in [-0.3, -0.25) is 9.59 Å². The van der Waals surface area contributed by atoms with Gasteiger partial charge in [0.1, 0.15) is 0 Å². The van der Waals surface area contributed by atoms with Gasteiger partial charge < -0.3 is 15.2 Å². The Morgan fingerprint density at radius 2 is 2.00 bits per heavy atom. The molecular weight excluding hydrogens is 318 g/mol. The summed E-state index contributed by atoms with van der Waals surface area (Å²) in [5.74, 6) is -1.67. The lowest BCUT2D eigenvalue weighted by Gasteiger charge is -2.43. The fourth-order valence-corrected chi connectivity index (χ4v) is 4.68. The van der Waals surface area contributed by atoms with Gasteiger partial charge in [-0.25, -0.2) is 0 Å². The third kappa shape index (κ3) is 2.58. The second-order valence-electron chi connectivity index (χ2n) is 7.14. The lowest BCUT2D eigenvalue weighted by atomic mass is 9.57. The van der Waals surface area contributed by atoms with Crippen LogP contribution in [0.4, 0.5) is 0 Å². The second-order valence-corrected chi connectivity index (χ2v) is 7.14. The number of esters is 1. The number of hydrogen-bond donors (Lipinski definition) is 2. The molecule has 1 heterocycles. The SMILES string of the molecule is COC(=O)[C@]12C(=O)N[C@@H](Cc3ccccc3)[C@@H]1[C@H](C)C(C)=C[C@@H]2CO. The van der Waals surface area contributed by atoms with Crippen LogP contribution in [0, 0.1) is 23.2 Å². The van der Waals surface area contributed by atoms with E-state index >= 15 is 0 Å². The summed E-state index contributed by atoms with van der Waals surface area (Å²) in [6.45, 7) is 3.78. The second kappa shape index (κ2) is 6.64. The van der Waals surface area contributed by atoms with E-state index in [1.165, 1.54) is 7.11 Å². The molecule has 0 radical (unpaired) electrons. The summed E-state index contributed by atoms with van der Waals surface area (Å²) in [7, 11) is 1.30. The molecular formula is C20H25NO4. The van der Waals surface area contributed by atoms with Gasteiger partial charge in [0.25, 0.3) is 0 Å². The molecule has 1 aromatic carbocycles. The number of fused-ring (bicyclic) bond motifs is 1. The normalized spacial score (nSPS) is 34.1. The summed E-state index contributed by atoms with van der Waals surface area (Å²) in [5, 5.41) is 12.9. The fourth-order valence-electron chi connectivity index (χ4n) is 4.68. The Morgan fingerprint density at radius 3 is 2.60 bits per heavy atom. The third-order valence-electron chi connectivity index (χ3n) is 5.98. The maximum atomic E-state index is 13.0. The zero-order valence-electron chi connectivity index (χ0n) is 14.9. The van der Waals surface area contributed by atoms with Crippen LogP contribution in [-0.2, 0) is 20.7 Å². The molecule has 5 atom stereocenters. The average Bonchev–Trinajstić information content (AvgIpc) is 2.91. The van der Waals surface area contributed by atoms with E-state index < -0.39 is 17.3 Å². The van der Waals surface area contributed by atoms with Crippen LogP contribution in [0.15, 0.2) is 42.0 Å². The fraction of sp³-hybridized carbons (Fsp3) is 0.500. The average molecular weight is 343 g/mol. The molecule has 2 aliphatic rings. The van der Waals surface area contributed by atoms with Crippen molar-refractivity contribution in [2.45, 2.75) is 26.3 Å². The van der Waals surface area contributed by atoms with Gasteiger partial charge >= 0.3 is 5.97 Å². The Hall–Kier alpha value is -2.14. The van der Waals surface area contributed by atoms with Gasteiger partial charge in [-0.2, -0.15) is 0 Å². The lowest BCUT2D eigenvalue weighted by molar-refractivity contribution is -0.166. The van der Waals surface area contributed by atoms with Crippen molar-refractivity contribution in [2.75, 3.05) is 13.7 Å². The van der Waals surface area contributed by atoms with Crippen LogP contribution >= 0.6 is 0 Å². The number of allylic oxidation sites excluding steroid dienone is 1. The molecule has 25 heavy (non-hydrogen) atoms. The molecule has 5 nitrogen and oxygen atoms in total. The van der Waals surface area contributed by atoms with Crippen LogP contribution in [0.3, 0.4) is 0 Å². The van der Waals surface area contributed by atoms with Crippen LogP contribution in [0.2, 0.25) is 0 Å². The molecule has 1 fully saturated rings. The van der Waals surface area contributed by atoms with E-state index in [4.69, 9.17) is 4.74 Å². The molecule has 134 valence electrons. The third-order valence-corrected chi connectivity index (χ3v) is 5.98. The van der Waals surface area contributed by atoms with Crippen molar-refractivity contribution in [3.05, 3.63) is 47.5 Å². The highest BCUT2D eigenvalue weighted by atomic mass is 16.5. The van der Waals surface area contributed by atoms with E-state index in [2.05, 4.69) is 5.32 Å². The molecule has 1 aromatic rings. The van der Waals surface area contributed by atoms with Gasteiger partial charge in [0, 0.05) is 17.9 Å². The Balaban J connectivity index is 2.07. The molecule has 3 rings (SSSR count). The maximum Gasteiger partial charge on any atom is 0.322 e. The number of nitrogens with one attached hydrogen (secondary N) is 1. The number of rotatable bonds is 4. The number of carbonyl (C=O) groups is 2. The first-order valence-electron chi connectivity index (χ1n) is 8.69. The Labute approximate surface area is 148 Å². The molecule has 5 heteroatoms. The smallest absolute Gasteiger partial charge is 0.322 e. The van der Waals surface area contributed by atoms with Crippen LogP contribution in [0.5, 0.6) is 0 Å². The largest absolute Gasteiger partial charge is 0.468 e. The molecule has 0 aromatic heterocycles. The molecule has 0 spiro atoms. The van der Waals surface area contributed by atoms with Crippen molar-refractivity contribution >= 4 is 11.9 Å². The monoisotopic (exact) mass is 343 g/mol. The van der Waals surface area contributed by atoms with E-state index in [9.17, 15) is 14.7 Å². The summed E-state index contributed by atoms with van der Waals surface area (Å²) in [4.78, 5) is 25.8.